The number of rotatable bonds is 10. The van der Waals surface area contributed by atoms with E-state index in [1.807, 2.05) is 24.3 Å². The van der Waals surface area contributed by atoms with E-state index >= 15 is 0 Å². The predicted molar refractivity (Wildman–Crippen MR) is 118 cm³/mol. The van der Waals surface area contributed by atoms with Crippen molar-refractivity contribution in [1.82, 2.24) is 0 Å². The van der Waals surface area contributed by atoms with Gasteiger partial charge in [-0.05, 0) is 62.4 Å². The van der Waals surface area contributed by atoms with Crippen molar-refractivity contribution in [2.75, 3.05) is 44.1 Å². The number of hydrogen-bond donors (Lipinski definition) is 1. The van der Waals surface area contributed by atoms with Crippen molar-refractivity contribution in [3.63, 3.8) is 0 Å². The van der Waals surface area contributed by atoms with Gasteiger partial charge < -0.3 is 24.4 Å². The van der Waals surface area contributed by atoms with Crippen LogP contribution in [0.5, 0.6) is 11.5 Å². The van der Waals surface area contributed by atoms with Crippen LogP contribution in [-0.2, 0) is 14.3 Å². The smallest absolute Gasteiger partial charge is 0.331 e. The molecule has 0 bridgehead atoms. The van der Waals surface area contributed by atoms with Crippen molar-refractivity contribution in [1.29, 1.82) is 0 Å². The molecule has 0 radical (unpaired) electrons. The first kappa shape index (κ1) is 22.8. The van der Waals surface area contributed by atoms with Gasteiger partial charge in [-0.3, -0.25) is 4.79 Å². The molecule has 7 nitrogen and oxygen atoms in total. The lowest BCUT2D eigenvalue weighted by molar-refractivity contribution is -0.142. The second kappa shape index (κ2) is 11.5. The highest BCUT2D eigenvalue weighted by atomic mass is 16.5. The summed E-state index contributed by atoms with van der Waals surface area (Å²) in [6, 6.07) is 12.8. The van der Waals surface area contributed by atoms with Crippen LogP contribution >= 0.6 is 0 Å². The van der Waals surface area contributed by atoms with Gasteiger partial charge in [0.15, 0.2) is 6.61 Å². The standard InChI is InChI=1S/C23H28N2O5/c1-5-25(6-2)19-10-8-18(9-11-19)24-22(26)16-30-23(27)14-7-17-15-20(28-3)12-13-21(17)29-4/h7-15H,5-6,16H2,1-4H3,(H,24,26)/b14-7+. The molecule has 1 amide bonds. The number of carbonyl (C=O) groups excluding carboxylic acids is 2. The van der Waals surface area contributed by atoms with Gasteiger partial charge in [0.1, 0.15) is 11.5 Å². The van der Waals surface area contributed by atoms with E-state index in [4.69, 9.17) is 14.2 Å². The minimum atomic E-state index is -0.632. The summed E-state index contributed by atoms with van der Waals surface area (Å²) in [5, 5.41) is 2.71. The molecular weight excluding hydrogens is 384 g/mol. The van der Waals surface area contributed by atoms with Crippen LogP contribution in [0.3, 0.4) is 0 Å². The molecule has 7 heteroatoms. The third kappa shape index (κ3) is 6.55. The molecule has 0 atom stereocenters. The van der Waals surface area contributed by atoms with Crippen LogP contribution < -0.4 is 19.7 Å². The molecule has 1 N–H and O–H groups in total. The maximum Gasteiger partial charge on any atom is 0.331 e. The summed E-state index contributed by atoms with van der Waals surface area (Å²) in [6.07, 6.45) is 2.79. The van der Waals surface area contributed by atoms with Crippen LogP contribution in [0.2, 0.25) is 0 Å². The Morgan fingerprint density at radius 3 is 2.30 bits per heavy atom. The first-order valence-electron chi connectivity index (χ1n) is 9.72. The van der Waals surface area contributed by atoms with E-state index < -0.39 is 11.9 Å². The zero-order valence-corrected chi connectivity index (χ0v) is 17.8. The highest BCUT2D eigenvalue weighted by Gasteiger charge is 2.08. The molecule has 0 aliphatic rings. The van der Waals surface area contributed by atoms with Gasteiger partial charge in [0.05, 0.1) is 14.2 Å². The molecule has 0 heterocycles. The monoisotopic (exact) mass is 412 g/mol. The molecule has 0 saturated carbocycles. The number of hydrogen-bond acceptors (Lipinski definition) is 6. The van der Waals surface area contributed by atoms with Gasteiger partial charge in [-0.2, -0.15) is 0 Å². The molecule has 0 fully saturated rings. The molecule has 160 valence electrons. The zero-order chi connectivity index (χ0) is 21.9. The van der Waals surface area contributed by atoms with E-state index in [1.54, 1.807) is 31.4 Å². The molecule has 0 unspecified atom stereocenters. The lowest BCUT2D eigenvalue weighted by Gasteiger charge is -2.21. The van der Waals surface area contributed by atoms with Crippen molar-refractivity contribution in [2.24, 2.45) is 0 Å². The van der Waals surface area contributed by atoms with Crippen molar-refractivity contribution >= 4 is 29.3 Å². The summed E-state index contributed by atoms with van der Waals surface area (Å²) in [6.45, 7) is 5.62. The van der Waals surface area contributed by atoms with Gasteiger partial charge in [-0.1, -0.05) is 0 Å². The highest BCUT2D eigenvalue weighted by molar-refractivity contribution is 5.94. The number of amides is 1. The van der Waals surface area contributed by atoms with E-state index in [2.05, 4.69) is 24.1 Å². The molecule has 0 saturated heterocycles. The Morgan fingerprint density at radius 2 is 1.70 bits per heavy atom. The van der Waals surface area contributed by atoms with Crippen LogP contribution in [0.4, 0.5) is 11.4 Å². The number of benzene rings is 2. The predicted octanol–water partition coefficient (Wildman–Crippen LogP) is 3.75. The number of nitrogens with one attached hydrogen (secondary N) is 1. The summed E-state index contributed by atoms with van der Waals surface area (Å²) < 4.78 is 15.4. The van der Waals surface area contributed by atoms with Crippen LogP contribution in [0.25, 0.3) is 6.08 Å². The molecular formula is C23H28N2O5. The molecule has 0 aliphatic heterocycles. The van der Waals surface area contributed by atoms with Crippen LogP contribution in [-0.4, -0.2) is 45.8 Å². The normalized spacial score (nSPS) is 10.5. The fraction of sp³-hybridized carbons (Fsp3) is 0.304. The van der Waals surface area contributed by atoms with E-state index in [-0.39, 0.29) is 6.61 Å². The molecule has 2 aromatic carbocycles. The SMILES string of the molecule is CCN(CC)c1ccc(NC(=O)COC(=O)/C=C/c2cc(OC)ccc2OC)cc1. The van der Waals surface area contributed by atoms with Crippen molar-refractivity contribution in [3.8, 4) is 11.5 Å². The quantitative estimate of drug-likeness (QED) is 0.473. The average Bonchev–Trinajstić information content (AvgIpc) is 2.78. The van der Waals surface area contributed by atoms with Crippen LogP contribution in [0.15, 0.2) is 48.5 Å². The lowest BCUT2D eigenvalue weighted by Crippen LogP contribution is -2.22. The summed E-state index contributed by atoms with van der Waals surface area (Å²) in [7, 11) is 3.09. The second-order valence-corrected chi connectivity index (χ2v) is 6.32. The highest BCUT2D eigenvalue weighted by Crippen LogP contribution is 2.25. The van der Waals surface area contributed by atoms with Crippen molar-refractivity contribution in [2.45, 2.75) is 13.8 Å². The summed E-state index contributed by atoms with van der Waals surface area (Å²) in [4.78, 5) is 26.2. The Bertz CT molecular complexity index is 874. The Balaban J connectivity index is 1.87. The fourth-order valence-corrected chi connectivity index (χ4v) is 2.85. The Hall–Kier alpha value is -3.48. The Morgan fingerprint density at radius 1 is 1.00 bits per heavy atom. The molecule has 0 aliphatic carbocycles. The first-order valence-corrected chi connectivity index (χ1v) is 9.72. The largest absolute Gasteiger partial charge is 0.497 e. The minimum absolute atomic E-state index is 0.379. The molecule has 0 aromatic heterocycles. The van der Waals surface area contributed by atoms with Gasteiger partial charge >= 0.3 is 5.97 Å². The number of ether oxygens (including phenoxy) is 3. The molecule has 2 aromatic rings. The Labute approximate surface area is 177 Å². The van der Waals surface area contributed by atoms with Crippen LogP contribution in [0, 0.1) is 0 Å². The number of esters is 1. The summed E-state index contributed by atoms with van der Waals surface area (Å²) in [5.41, 5.74) is 2.39. The number of methoxy groups -OCH3 is 2. The number of anilines is 2. The second-order valence-electron chi connectivity index (χ2n) is 6.32. The zero-order valence-electron chi connectivity index (χ0n) is 17.8. The van der Waals surface area contributed by atoms with E-state index in [9.17, 15) is 9.59 Å². The fourth-order valence-electron chi connectivity index (χ4n) is 2.85. The van der Waals surface area contributed by atoms with Gasteiger partial charge in [0.2, 0.25) is 0 Å². The topological polar surface area (TPSA) is 77.1 Å². The number of nitrogens with zero attached hydrogens (tertiary/aromatic N) is 1. The summed E-state index contributed by atoms with van der Waals surface area (Å²) >= 11 is 0. The Kier molecular flexibility index (Phi) is 8.75. The number of carbonyl (C=O) groups is 2. The first-order chi connectivity index (χ1) is 14.5. The summed E-state index contributed by atoms with van der Waals surface area (Å²) in [5.74, 6) is 0.180. The maximum atomic E-state index is 12.0. The maximum absolute atomic E-state index is 12.0. The molecule has 2 rings (SSSR count). The third-order valence-electron chi connectivity index (χ3n) is 4.46. The van der Waals surface area contributed by atoms with Gasteiger partial charge in [0, 0.05) is 36.1 Å². The minimum Gasteiger partial charge on any atom is -0.497 e. The van der Waals surface area contributed by atoms with Crippen molar-refractivity contribution < 1.29 is 23.8 Å². The van der Waals surface area contributed by atoms with Gasteiger partial charge in [-0.25, -0.2) is 4.79 Å². The van der Waals surface area contributed by atoms with Gasteiger partial charge in [0.25, 0.3) is 5.91 Å². The lowest BCUT2D eigenvalue weighted by atomic mass is 10.1. The average molecular weight is 412 g/mol. The van der Waals surface area contributed by atoms with Crippen molar-refractivity contribution in [3.05, 3.63) is 54.1 Å². The van der Waals surface area contributed by atoms with E-state index in [0.29, 0.717) is 22.7 Å². The van der Waals surface area contributed by atoms with Crippen LogP contribution in [0.1, 0.15) is 19.4 Å². The molecule has 30 heavy (non-hydrogen) atoms. The molecule has 0 spiro atoms. The van der Waals surface area contributed by atoms with E-state index in [0.717, 1.165) is 18.8 Å². The van der Waals surface area contributed by atoms with E-state index in [1.165, 1.54) is 13.2 Å². The van der Waals surface area contributed by atoms with Gasteiger partial charge in [-0.15, -0.1) is 0 Å². The third-order valence-corrected chi connectivity index (χ3v) is 4.46.